The van der Waals surface area contributed by atoms with E-state index in [0.29, 0.717) is 17.5 Å². The highest BCUT2D eigenvalue weighted by atomic mass is 32.1. The third-order valence-corrected chi connectivity index (χ3v) is 4.65. The first kappa shape index (κ1) is 18.2. The van der Waals surface area contributed by atoms with Crippen molar-refractivity contribution in [3.63, 3.8) is 0 Å². The smallest absolute Gasteiger partial charge is 0.352 e. The number of nitrogens with zero attached hydrogens (tertiary/aromatic N) is 2. The maximum atomic E-state index is 12.6. The quantitative estimate of drug-likeness (QED) is 0.529. The van der Waals surface area contributed by atoms with Crippen LogP contribution < -0.4 is 10.6 Å². The van der Waals surface area contributed by atoms with Gasteiger partial charge in [-0.15, -0.1) is 11.3 Å². The van der Waals surface area contributed by atoms with Crippen LogP contribution in [0.5, 0.6) is 0 Å². The number of halogens is 3. The van der Waals surface area contributed by atoms with E-state index in [1.807, 2.05) is 36.4 Å². The molecule has 0 aliphatic carbocycles. The number of fused-ring (bicyclic) bond motifs is 1. The van der Waals surface area contributed by atoms with Crippen molar-refractivity contribution in [2.24, 2.45) is 4.99 Å². The van der Waals surface area contributed by atoms with Crippen LogP contribution in [0, 0.1) is 0 Å². The van der Waals surface area contributed by atoms with Gasteiger partial charge in [-0.1, -0.05) is 42.5 Å². The fraction of sp³-hybridized carbons (Fsp3) is 0.222. The second-order valence-corrected chi connectivity index (χ2v) is 6.48. The summed E-state index contributed by atoms with van der Waals surface area (Å²) in [5, 5.41) is 9.83. The molecule has 26 heavy (non-hydrogen) atoms. The van der Waals surface area contributed by atoms with Crippen LogP contribution in [0.15, 0.2) is 52.8 Å². The summed E-state index contributed by atoms with van der Waals surface area (Å²) in [5.74, 6) is 0.502. The van der Waals surface area contributed by atoms with Crippen molar-refractivity contribution in [3.05, 3.63) is 64.1 Å². The summed E-state index contributed by atoms with van der Waals surface area (Å²) in [6.07, 6.45) is -4.41. The molecule has 0 saturated carbocycles. The Morgan fingerprint density at radius 3 is 2.54 bits per heavy atom. The number of aromatic nitrogens is 1. The van der Waals surface area contributed by atoms with Crippen LogP contribution >= 0.6 is 11.3 Å². The number of hydrogen-bond donors (Lipinski definition) is 2. The molecular weight excluding hydrogens is 361 g/mol. The molecule has 0 saturated heterocycles. The van der Waals surface area contributed by atoms with Gasteiger partial charge >= 0.3 is 6.18 Å². The van der Waals surface area contributed by atoms with E-state index >= 15 is 0 Å². The van der Waals surface area contributed by atoms with Crippen molar-refractivity contribution in [1.82, 2.24) is 15.6 Å². The van der Waals surface area contributed by atoms with Gasteiger partial charge in [0.25, 0.3) is 0 Å². The Kier molecular flexibility index (Phi) is 5.41. The molecule has 0 bridgehead atoms. The maximum absolute atomic E-state index is 12.6. The maximum Gasteiger partial charge on any atom is 0.434 e. The highest BCUT2D eigenvalue weighted by molar-refractivity contribution is 7.09. The Hall–Kier alpha value is -2.61. The van der Waals surface area contributed by atoms with Gasteiger partial charge in [0, 0.05) is 19.0 Å². The van der Waals surface area contributed by atoms with Gasteiger partial charge in [0.1, 0.15) is 5.01 Å². The average molecular weight is 378 g/mol. The van der Waals surface area contributed by atoms with E-state index in [0.717, 1.165) is 33.1 Å². The molecule has 0 atom stereocenters. The third-order valence-electron chi connectivity index (χ3n) is 3.80. The zero-order chi connectivity index (χ0) is 18.6. The molecule has 3 aromatic rings. The third kappa shape index (κ3) is 4.32. The molecule has 2 aromatic carbocycles. The second kappa shape index (κ2) is 7.74. The van der Waals surface area contributed by atoms with E-state index in [1.165, 1.54) is 0 Å². The van der Waals surface area contributed by atoms with Gasteiger partial charge < -0.3 is 10.6 Å². The van der Waals surface area contributed by atoms with E-state index < -0.39 is 11.9 Å². The Balaban J connectivity index is 1.61. The number of thiazole rings is 1. The van der Waals surface area contributed by atoms with Gasteiger partial charge in [-0.05, 0) is 16.3 Å². The van der Waals surface area contributed by atoms with E-state index in [1.54, 1.807) is 7.05 Å². The summed E-state index contributed by atoms with van der Waals surface area (Å²) in [4.78, 5) is 7.70. The van der Waals surface area contributed by atoms with Crippen molar-refractivity contribution in [2.45, 2.75) is 19.3 Å². The summed E-state index contributed by atoms with van der Waals surface area (Å²) in [7, 11) is 1.61. The van der Waals surface area contributed by atoms with Crippen LogP contribution in [0.4, 0.5) is 13.2 Å². The van der Waals surface area contributed by atoms with Crippen LogP contribution in [0.2, 0.25) is 0 Å². The summed E-state index contributed by atoms with van der Waals surface area (Å²) in [6.45, 7) is 0.725. The van der Waals surface area contributed by atoms with Crippen LogP contribution in [0.3, 0.4) is 0 Å². The Morgan fingerprint density at radius 1 is 1.08 bits per heavy atom. The molecule has 0 fully saturated rings. The van der Waals surface area contributed by atoms with Crippen LogP contribution in [-0.2, 0) is 19.3 Å². The van der Waals surface area contributed by atoms with Gasteiger partial charge in [0.05, 0.1) is 6.54 Å². The molecular formula is C18H17F3N4S. The van der Waals surface area contributed by atoms with E-state index in [9.17, 15) is 13.2 Å². The van der Waals surface area contributed by atoms with Gasteiger partial charge in [-0.2, -0.15) is 13.2 Å². The second-order valence-electron chi connectivity index (χ2n) is 5.54. The van der Waals surface area contributed by atoms with Crippen LogP contribution in [0.25, 0.3) is 10.8 Å². The zero-order valence-electron chi connectivity index (χ0n) is 14.0. The monoisotopic (exact) mass is 378 g/mol. The molecule has 4 nitrogen and oxygen atoms in total. The minimum absolute atomic E-state index is 0.177. The zero-order valence-corrected chi connectivity index (χ0v) is 14.8. The molecule has 0 aliphatic rings. The van der Waals surface area contributed by atoms with E-state index in [2.05, 4.69) is 26.7 Å². The molecule has 2 N–H and O–H groups in total. The molecule has 1 aromatic heterocycles. The van der Waals surface area contributed by atoms with Gasteiger partial charge in [0.2, 0.25) is 0 Å². The molecule has 0 radical (unpaired) electrons. The predicted molar refractivity (Wildman–Crippen MR) is 98.1 cm³/mol. The van der Waals surface area contributed by atoms with Crippen molar-refractivity contribution in [1.29, 1.82) is 0 Å². The predicted octanol–water partition coefficient (Wildman–Crippen LogP) is 4.18. The van der Waals surface area contributed by atoms with Gasteiger partial charge in [-0.3, -0.25) is 4.99 Å². The molecule has 0 unspecified atom stereocenters. The molecule has 0 amide bonds. The SMILES string of the molecule is CN=C(NCc1nc(C(F)(F)F)cs1)NCc1cccc2ccccc12. The molecule has 0 aliphatic heterocycles. The lowest BCUT2D eigenvalue weighted by Crippen LogP contribution is -2.36. The largest absolute Gasteiger partial charge is 0.434 e. The normalized spacial score (nSPS) is 12.4. The first-order chi connectivity index (χ1) is 12.5. The summed E-state index contributed by atoms with van der Waals surface area (Å²) in [6, 6.07) is 14.1. The lowest BCUT2D eigenvalue weighted by Gasteiger charge is -2.12. The van der Waals surface area contributed by atoms with Crippen LogP contribution in [0.1, 0.15) is 16.3 Å². The Labute approximate surface area is 152 Å². The standard InChI is InChI=1S/C18H17F3N4S/c1-22-17(24-10-16-25-15(11-26-16)18(19,20)21)23-9-13-7-4-6-12-5-2-3-8-14(12)13/h2-8,11H,9-10H2,1H3,(H2,22,23,24). The number of alkyl halides is 3. The van der Waals surface area contributed by atoms with Crippen molar-refractivity contribution >= 4 is 28.1 Å². The Bertz CT molecular complexity index is 913. The van der Waals surface area contributed by atoms with E-state index in [-0.39, 0.29) is 6.54 Å². The average Bonchev–Trinajstić information content (AvgIpc) is 3.11. The number of nitrogens with one attached hydrogen (secondary N) is 2. The van der Waals surface area contributed by atoms with Crippen molar-refractivity contribution < 1.29 is 13.2 Å². The molecule has 8 heteroatoms. The summed E-state index contributed by atoms with van der Waals surface area (Å²) < 4.78 is 37.8. The first-order valence-corrected chi connectivity index (χ1v) is 8.78. The van der Waals surface area contributed by atoms with Crippen molar-refractivity contribution in [2.75, 3.05) is 7.05 Å². The summed E-state index contributed by atoms with van der Waals surface area (Å²) in [5.41, 5.74) is 0.248. The first-order valence-electron chi connectivity index (χ1n) is 7.90. The number of rotatable bonds is 4. The Morgan fingerprint density at radius 2 is 1.81 bits per heavy atom. The molecule has 1 heterocycles. The van der Waals surface area contributed by atoms with E-state index in [4.69, 9.17) is 0 Å². The lowest BCUT2D eigenvalue weighted by molar-refractivity contribution is -0.140. The topological polar surface area (TPSA) is 49.3 Å². The minimum Gasteiger partial charge on any atom is -0.352 e. The lowest BCUT2D eigenvalue weighted by atomic mass is 10.0. The van der Waals surface area contributed by atoms with Gasteiger partial charge in [-0.25, -0.2) is 4.98 Å². The molecule has 3 rings (SSSR count). The van der Waals surface area contributed by atoms with Gasteiger partial charge in [0.15, 0.2) is 11.7 Å². The fourth-order valence-corrected chi connectivity index (χ4v) is 3.27. The number of guanidine groups is 1. The highest BCUT2D eigenvalue weighted by Gasteiger charge is 2.33. The summed E-state index contributed by atoms with van der Waals surface area (Å²) >= 11 is 0.969. The van der Waals surface area contributed by atoms with Crippen LogP contribution in [-0.4, -0.2) is 18.0 Å². The minimum atomic E-state index is -4.41. The number of aliphatic imine (C=N–C) groups is 1. The molecule has 0 spiro atoms. The molecule has 136 valence electrons. The van der Waals surface area contributed by atoms with Crippen molar-refractivity contribution in [3.8, 4) is 0 Å². The number of hydrogen-bond acceptors (Lipinski definition) is 3. The fourth-order valence-electron chi connectivity index (χ4n) is 2.53. The highest BCUT2D eigenvalue weighted by Crippen LogP contribution is 2.29. The number of benzene rings is 2.